The fraction of sp³-hybridized carbons (Fsp3) is 0.556. The number of benzene rings is 1. The highest BCUT2D eigenvalue weighted by atomic mass is 32.2. The van der Waals surface area contributed by atoms with E-state index in [1.807, 2.05) is 42.1 Å². The lowest BCUT2D eigenvalue weighted by Gasteiger charge is -2.24. The van der Waals surface area contributed by atoms with Gasteiger partial charge in [0.25, 0.3) is 0 Å². The average molecular weight is 349 g/mol. The Bertz CT molecular complexity index is 541. The van der Waals surface area contributed by atoms with Crippen molar-refractivity contribution in [1.29, 1.82) is 0 Å². The largest absolute Gasteiger partial charge is 0.356 e. The molecule has 1 aromatic carbocycles. The minimum absolute atomic E-state index is 0.0418. The highest BCUT2D eigenvalue weighted by Gasteiger charge is 2.29. The lowest BCUT2D eigenvalue weighted by molar-refractivity contribution is -0.121. The molecule has 1 unspecified atom stereocenters. The summed E-state index contributed by atoms with van der Waals surface area (Å²) in [6.45, 7) is 4.34. The van der Waals surface area contributed by atoms with Crippen molar-refractivity contribution in [1.82, 2.24) is 16.0 Å². The summed E-state index contributed by atoms with van der Waals surface area (Å²) in [5, 5.41) is 9.51. The molecule has 6 heteroatoms. The van der Waals surface area contributed by atoms with Crippen LogP contribution in [-0.4, -0.2) is 42.5 Å². The van der Waals surface area contributed by atoms with E-state index in [1.165, 1.54) is 18.6 Å². The van der Waals surface area contributed by atoms with Gasteiger partial charge in [0.15, 0.2) is 5.96 Å². The molecule has 5 nitrogen and oxygen atoms in total. The summed E-state index contributed by atoms with van der Waals surface area (Å²) >= 11 is 2.02. The molecule has 0 spiro atoms. The molecule has 3 N–H and O–H groups in total. The van der Waals surface area contributed by atoms with Gasteiger partial charge in [-0.25, -0.2) is 0 Å². The van der Waals surface area contributed by atoms with E-state index in [1.54, 1.807) is 7.05 Å². The van der Waals surface area contributed by atoms with E-state index in [2.05, 4.69) is 27.9 Å². The number of thioether (sulfide) groups is 1. The molecule has 1 saturated heterocycles. The number of amides is 1. The number of nitrogens with one attached hydrogen (secondary N) is 3. The third kappa shape index (κ3) is 6.43. The first-order valence-electron chi connectivity index (χ1n) is 8.50. The number of carbonyl (C=O) groups excluding carboxylic acids is 1. The fourth-order valence-corrected chi connectivity index (χ4v) is 3.89. The summed E-state index contributed by atoms with van der Waals surface area (Å²) in [5.74, 6) is 2.05. The normalized spacial score (nSPS) is 20.7. The third-order valence-electron chi connectivity index (χ3n) is 4.13. The molecule has 24 heavy (non-hydrogen) atoms. The van der Waals surface area contributed by atoms with Crippen LogP contribution < -0.4 is 16.0 Å². The maximum absolute atomic E-state index is 11.9. The minimum atomic E-state index is 0.0418. The number of carbonyl (C=O) groups is 1. The standard InChI is InChI=1S/C18H28N4OS/c1-18(10-6-12-24-18)14-22-17(19-2)20-11-9-16(23)21-13-15-7-4-3-5-8-15/h3-5,7-8H,6,9-14H2,1-2H3,(H,21,23)(H2,19,20,22). The van der Waals surface area contributed by atoms with E-state index in [0.29, 0.717) is 24.3 Å². The Morgan fingerprint density at radius 1 is 1.25 bits per heavy atom. The molecule has 1 amide bonds. The van der Waals surface area contributed by atoms with Crippen molar-refractivity contribution in [2.24, 2.45) is 4.99 Å². The van der Waals surface area contributed by atoms with Gasteiger partial charge in [-0.3, -0.25) is 9.79 Å². The maximum atomic E-state index is 11.9. The lowest BCUT2D eigenvalue weighted by atomic mass is 10.1. The molecule has 0 saturated carbocycles. The van der Waals surface area contributed by atoms with Crippen LogP contribution in [0.3, 0.4) is 0 Å². The van der Waals surface area contributed by atoms with E-state index in [9.17, 15) is 4.79 Å². The SMILES string of the molecule is CN=C(NCCC(=O)NCc1ccccc1)NCC1(C)CCCS1. The van der Waals surface area contributed by atoms with Gasteiger partial charge >= 0.3 is 0 Å². The predicted molar refractivity (Wildman–Crippen MR) is 102 cm³/mol. The Kier molecular flexibility index (Phi) is 7.43. The van der Waals surface area contributed by atoms with Crippen LogP contribution in [0.4, 0.5) is 0 Å². The fourth-order valence-electron chi connectivity index (χ4n) is 2.65. The van der Waals surface area contributed by atoms with Crippen LogP contribution in [0.2, 0.25) is 0 Å². The number of nitrogens with zero attached hydrogens (tertiary/aromatic N) is 1. The third-order valence-corrected chi connectivity index (χ3v) is 5.67. The summed E-state index contributed by atoms with van der Waals surface area (Å²) < 4.78 is 0.296. The zero-order valence-electron chi connectivity index (χ0n) is 14.6. The number of guanidine groups is 1. The highest BCUT2D eigenvalue weighted by molar-refractivity contribution is 8.00. The van der Waals surface area contributed by atoms with Crippen molar-refractivity contribution in [3.63, 3.8) is 0 Å². The molecule has 0 aliphatic carbocycles. The van der Waals surface area contributed by atoms with Gasteiger partial charge in [0.1, 0.15) is 0 Å². The molecule has 0 aromatic heterocycles. The van der Waals surface area contributed by atoms with Crippen molar-refractivity contribution >= 4 is 23.6 Å². The highest BCUT2D eigenvalue weighted by Crippen LogP contribution is 2.36. The topological polar surface area (TPSA) is 65.5 Å². The van der Waals surface area contributed by atoms with Crippen LogP contribution in [0.1, 0.15) is 31.7 Å². The Labute approximate surface area is 149 Å². The zero-order chi connectivity index (χ0) is 17.3. The molecule has 1 aliphatic rings. The molecule has 1 aromatic rings. The molecule has 0 radical (unpaired) electrons. The van der Waals surface area contributed by atoms with Crippen LogP contribution >= 0.6 is 11.8 Å². The van der Waals surface area contributed by atoms with Crippen LogP contribution in [0.25, 0.3) is 0 Å². The second-order valence-electron chi connectivity index (χ2n) is 6.27. The van der Waals surface area contributed by atoms with Crippen LogP contribution in [0.5, 0.6) is 0 Å². The van der Waals surface area contributed by atoms with Crippen molar-refractivity contribution in [3.05, 3.63) is 35.9 Å². The summed E-state index contributed by atoms with van der Waals surface area (Å²) in [6, 6.07) is 9.93. The van der Waals surface area contributed by atoms with Crippen LogP contribution in [-0.2, 0) is 11.3 Å². The maximum Gasteiger partial charge on any atom is 0.222 e. The van der Waals surface area contributed by atoms with Gasteiger partial charge in [-0.15, -0.1) is 0 Å². The van der Waals surface area contributed by atoms with Gasteiger partial charge in [0.05, 0.1) is 0 Å². The van der Waals surface area contributed by atoms with Gasteiger partial charge in [0.2, 0.25) is 5.91 Å². The molecule has 1 aliphatic heterocycles. The number of aliphatic imine (C=N–C) groups is 1. The van der Waals surface area contributed by atoms with E-state index < -0.39 is 0 Å². The smallest absolute Gasteiger partial charge is 0.222 e. The first-order valence-corrected chi connectivity index (χ1v) is 9.49. The second-order valence-corrected chi connectivity index (χ2v) is 7.95. The van der Waals surface area contributed by atoms with Gasteiger partial charge < -0.3 is 16.0 Å². The van der Waals surface area contributed by atoms with Crippen molar-refractivity contribution in [3.8, 4) is 0 Å². The molecular weight excluding hydrogens is 320 g/mol. The number of rotatable bonds is 7. The lowest BCUT2D eigenvalue weighted by Crippen LogP contribution is -2.44. The summed E-state index contributed by atoms with van der Waals surface area (Å²) in [7, 11) is 1.76. The van der Waals surface area contributed by atoms with Crippen LogP contribution in [0, 0.1) is 0 Å². The summed E-state index contributed by atoms with van der Waals surface area (Å²) in [4.78, 5) is 16.1. The van der Waals surface area contributed by atoms with Crippen LogP contribution in [0.15, 0.2) is 35.3 Å². The Morgan fingerprint density at radius 3 is 2.71 bits per heavy atom. The van der Waals surface area contributed by atoms with E-state index in [4.69, 9.17) is 0 Å². The average Bonchev–Trinajstić information content (AvgIpc) is 3.04. The summed E-state index contributed by atoms with van der Waals surface area (Å²) in [6.07, 6.45) is 2.96. The molecule has 0 bridgehead atoms. The minimum Gasteiger partial charge on any atom is -0.356 e. The van der Waals surface area contributed by atoms with Crippen molar-refractivity contribution in [2.75, 3.05) is 25.9 Å². The molecule has 1 heterocycles. The quantitative estimate of drug-likeness (QED) is 0.522. The van der Waals surface area contributed by atoms with Crippen molar-refractivity contribution in [2.45, 2.75) is 37.5 Å². The van der Waals surface area contributed by atoms with Gasteiger partial charge in [-0.2, -0.15) is 11.8 Å². The van der Waals surface area contributed by atoms with E-state index in [-0.39, 0.29) is 5.91 Å². The second kappa shape index (κ2) is 9.57. The Morgan fingerprint density at radius 2 is 2.04 bits per heavy atom. The Balaban J connectivity index is 1.61. The van der Waals surface area contributed by atoms with Crippen molar-refractivity contribution < 1.29 is 4.79 Å². The molecular formula is C18H28N4OS. The van der Waals surface area contributed by atoms with Gasteiger partial charge in [-0.05, 0) is 31.1 Å². The van der Waals surface area contributed by atoms with Gasteiger partial charge in [-0.1, -0.05) is 30.3 Å². The molecule has 2 rings (SSSR count). The number of hydrogen-bond acceptors (Lipinski definition) is 3. The first-order chi connectivity index (χ1) is 11.6. The van der Waals surface area contributed by atoms with E-state index in [0.717, 1.165) is 18.1 Å². The first kappa shape index (κ1) is 18.6. The van der Waals surface area contributed by atoms with Gasteiger partial charge in [0, 0.05) is 37.8 Å². The predicted octanol–water partition coefficient (Wildman–Crippen LogP) is 2.14. The van der Waals surface area contributed by atoms with E-state index >= 15 is 0 Å². The molecule has 1 fully saturated rings. The Hall–Kier alpha value is -1.69. The summed E-state index contributed by atoms with van der Waals surface area (Å²) in [5.41, 5.74) is 1.11. The number of hydrogen-bond donors (Lipinski definition) is 3. The molecule has 1 atom stereocenters. The molecule has 132 valence electrons. The zero-order valence-corrected chi connectivity index (χ0v) is 15.4. The monoisotopic (exact) mass is 348 g/mol.